The third-order valence-electron chi connectivity index (χ3n) is 2.95. The minimum Gasteiger partial charge on any atom is -0.466 e. The van der Waals surface area contributed by atoms with Crippen molar-refractivity contribution in [2.24, 2.45) is 5.92 Å². The van der Waals surface area contributed by atoms with E-state index in [1.54, 1.807) is 25.1 Å². The Kier molecular flexibility index (Phi) is 4.32. The van der Waals surface area contributed by atoms with Gasteiger partial charge in [-0.1, -0.05) is 23.2 Å². The zero-order chi connectivity index (χ0) is 14.0. The molecule has 1 aliphatic heterocycles. The van der Waals surface area contributed by atoms with Crippen molar-refractivity contribution >= 4 is 40.8 Å². The fraction of sp³-hybridized carbons (Fsp3) is 0.385. The molecule has 1 aromatic rings. The summed E-state index contributed by atoms with van der Waals surface area (Å²) in [6, 6.07) is 4.91. The molecule has 1 fully saturated rings. The lowest BCUT2D eigenvalue weighted by Gasteiger charge is -2.18. The van der Waals surface area contributed by atoms with Crippen LogP contribution in [0.15, 0.2) is 18.2 Å². The lowest BCUT2D eigenvalue weighted by atomic mass is 10.1. The van der Waals surface area contributed by atoms with E-state index < -0.39 is 5.92 Å². The topological polar surface area (TPSA) is 46.6 Å². The maximum atomic E-state index is 12.0. The fourth-order valence-electron chi connectivity index (χ4n) is 2.06. The van der Waals surface area contributed by atoms with Gasteiger partial charge in [-0.25, -0.2) is 0 Å². The molecule has 0 aromatic heterocycles. The summed E-state index contributed by atoms with van der Waals surface area (Å²) in [5, 5.41) is 0.896. The van der Waals surface area contributed by atoms with Gasteiger partial charge in [0.05, 0.1) is 23.2 Å². The number of esters is 1. The molecule has 0 spiro atoms. The highest BCUT2D eigenvalue weighted by molar-refractivity contribution is 6.36. The second-order valence-corrected chi connectivity index (χ2v) is 5.10. The molecule has 1 aliphatic rings. The smallest absolute Gasteiger partial charge is 0.311 e. The molecule has 0 radical (unpaired) electrons. The summed E-state index contributed by atoms with van der Waals surface area (Å²) in [5.41, 5.74) is 0.572. The molecule has 1 amide bonds. The van der Waals surface area contributed by atoms with E-state index in [0.717, 1.165) is 0 Å². The Morgan fingerprint density at radius 2 is 2.21 bits per heavy atom. The van der Waals surface area contributed by atoms with E-state index in [1.165, 1.54) is 4.90 Å². The Hall–Kier alpha value is -1.26. The average Bonchev–Trinajstić information content (AvgIpc) is 2.72. The Morgan fingerprint density at radius 3 is 2.84 bits per heavy atom. The maximum Gasteiger partial charge on any atom is 0.311 e. The van der Waals surface area contributed by atoms with Crippen LogP contribution in [0.5, 0.6) is 0 Å². The van der Waals surface area contributed by atoms with Crippen molar-refractivity contribution in [2.45, 2.75) is 13.3 Å². The monoisotopic (exact) mass is 301 g/mol. The van der Waals surface area contributed by atoms with Gasteiger partial charge in [0.2, 0.25) is 5.91 Å². The lowest BCUT2D eigenvalue weighted by molar-refractivity contribution is -0.147. The summed E-state index contributed by atoms with van der Waals surface area (Å²) in [5.74, 6) is -0.912. The van der Waals surface area contributed by atoms with Crippen LogP contribution in [0, 0.1) is 5.92 Å². The molecule has 1 atom stereocenters. The summed E-state index contributed by atoms with van der Waals surface area (Å²) in [4.78, 5) is 25.1. The van der Waals surface area contributed by atoms with Crippen LogP contribution in [0.2, 0.25) is 10.0 Å². The zero-order valence-corrected chi connectivity index (χ0v) is 11.9. The van der Waals surface area contributed by atoms with Gasteiger partial charge in [-0.2, -0.15) is 0 Å². The third kappa shape index (κ3) is 3.01. The van der Waals surface area contributed by atoms with Gasteiger partial charge in [0.25, 0.3) is 0 Å². The summed E-state index contributed by atoms with van der Waals surface area (Å²) < 4.78 is 4.94. The minimum atomic E-state index is -0.431. The van der Waals surface area contributed by atoms with Crippen LogP contribution >= 0.6 is 23.2 Å². The van der Waals surface area contributed by atoms with Crippen molar-refractivity contribution in [1.82, 2.24) is 0 Å². The Bertz CT molecular complexity index is 519. The Labute approximate surface area is 121 Å². The normalized spacial score (nSPS) is 18.8. The van der Waals surface area contributed by atoms with Gasteiger partial charge in [-0.15, -0.1) is 0 Å². The number of hydrogen-bond acceptors (Lipinski definition) is 3. The average molecular weight is 302 g/mol. The van der Waals surface area contributed by atoms with Crippen LogP contribution < -0.4 is 4.90 Å². The van der Waals surface area contributed by atoms with Gasteiger partial charge < -0.3 is 9.64 Å². The molecule has 6 heteroatoms. The fourth-order valence-corrected chi connectivity index (χ4v) is 2.57. The highest BCUT2D eigenvalue weighted by Crippen LogP contribution is 2.33. The first-order valence-corrected chi connectivity index (χ1v) is 6.70. The number of anilines is 1. The second-order valence-electron chi connectivity index (χ2n) is 4.25. The molecule has 1 saturated heterocycles. The lowest BCUT2D eigenvalue weighted by Crippen LogP contribution is -2.26. The first kappa shape index (κ1) is 14.2. The molecule has 102 valence electrons. The van der Waals surface area contributed by atoms with E-state index in [1.807, 2.05) is 0 Å². The number of nitrogens with zero attached hydrogens (tertiary/aromatic N) is 1. The standard InChI is InChI=1S/C13H13Cl2NO3/c1-2-19-13(18)8-5-12(17)16(7-8)11-4-3-9(14)6-10(11)15/h3-4,6,8H,2,5,7H2,1H3/t8-/m1/s1. The molecule has 2 rings (SSSR count). The van der Waals surface area contributed by atoms with E-state index in [2.05, 4.69) is 0 Å². The molecular weight excluding hydrogens is 289 g/mol. The van der Waals surface area contributed by atoms with Gasteiger partial charge in [0.15, 0.2) is 0 Å². The highest BCUT2D eigenvalue weighted by atomic mass is 35.5. The predicted molar refractivity (Wildman–Crippen MR) is 73.6 cm³/mol. The SMILES string of the molecule is CCOC(=O)[C@@H]1CC(=O)N(c2ccc(Cl)cc2Cl)C1. The number of carbonyl (C=O) groups excluding carboxylic acids is 2. The Balaban J connectivity index is 2.18. The summed E-state index contributed by atoms with van der Waals surface area (Å²) in [6.45, 7) is 2.34. The van der Waals surface area contributed by atoms with Crippen molar-refractivity contribution in [3.63, 3.8) is 0 Å². The van der Waals surface area contributed by atoms with E-state index in [4.69, 9.17) is 27.9 Å². The summed E-state index contributed by atoms with van der Waals surface area (Å²) in [7, 11) is 0. The Morgan fingerprint density at radius 1 is 1.47 bits per heavy atom. The van der Waals surface area contributed by atoms with Crippen molar-refractivity contribution < 1.29 is 14.3 Å². The van der Waals surface area contributed by atoms with Crippen molar-refractivity contribution in [2.75, 3.05) is 18.1 Å². The number of halogens is 2. The van der Waals surface area contributed by atoms with Gasteiger partial charge in [0, 0.05) is 18.0 Å². The summed E-state index contributed by atoms with van der Waals surface area (Å²) in [6.07, 6.45) is 0.151. The van der Waals surface area contributed by atoms with Crippen molar-refractivity contribution in [3.05, 3.63) is 28.2 Å². The van der Waals surface area contributed by atoms with E-state index in [0.29, 0.717) is 28.9 Å². The van der Waals surface area contributed by atoms with Crippen LogP contribution in [-0.2, 0) is 14.3 Å². The molecule has 19 heavy (non-hydrogen) atoms. The van der Waals surface area contributed by atoms with Crippen LogP contribution in [0.3, 0.4) is 0 Å². The van der Waals surface area contributed by atoms with Crippen LogP contribution in [-0.4, -0.2) is 25.0 Å². The number of ether oxygens (including phenoxy) is 1. The number of carbonyl (C=O) groups is 2. The van der Waals surface area contributed by atoms with E-state index in [-0.39, 0.29) is 18.3 Å². The van der Waals surface area contributed by atoms with Gasteiger partial charge >= 0.3 is 5.97 Å². The van der Waals surface area contributed by atoms with E-state index in [9.17, 15) is 9.59 Å². The highest BCUT2D eigenvalue weighted by Gasteiger charge is 2.36. The molecule has 0 aliphatic carbocycles. The second kappa shape index (κ2) is 5.80. The molecule has 0 unspecified atom stereocenters. The number of rotatable bonds is 3. The van der Waals surface area contributed by atoms with Crippen LogP contribution in [0.4, 0.5) is 5.69 Å². The van der Waals surface area contributed by atoms with Crippen molar-refractivity contribution in [3.8, 4) is 0 Å². The quantitative estimate of drug-likeness (QED) is 0.807. The van der Waals surface area contributed by atoms with Gasteiger partial charge in [-0.3, -0.25) is 9.59 Å². The predicted octanol–water partition coefficient (Wildman–Crippen LogP) is 2.91. The third-order valence-corrected chi connectivity index (χ3v) is 3.48. The molecule has 0 N–H and O–H groups in total. The molecule has 0 bridgehead atoms. The largest absolute Gasteiger partial charge is 0.466 e. The molecule has 4 nitrogen and oxygen atoms in total. The molecule has 0 saturated carbocycles. The number of hydrogen-bond donors (Lipinski definition) is 0. The van der Waals surface area contributed by atoms with E-state index >= 15 is 0 Å². The molecule has 1 aromatic carbocycles. The zero-order valence-electron chi connectivity index (χ0n) is 10.4. The van der Waals surface area contributed by atoms with Crippen LogP contribution in [0.1, 0.15) is 13.3 Å². The minimum absolute atomic E-state index is 0.137. The van der Waals surface area contributed by atoms with Gasteiger partial charge in [-0.05, 0) is 25.1 Å². The van der Waals surface area contributed by atoms with Crippen molar-refractivity contribution in [1.29, 1.82) is 0 Å². The maximum absolute atomic E-state index is 12.0. The number of benzene rings is 1. The van der Waals surface area contributed by atoms with Gasteiger partial charge in [0.1, 0.15) is 0 Å². The first-order chi connectivity index (χ1) is 9.02. The summed E-state index contributed by atoms with van der Waals surface area (Å²) >= 11 is 11.9. The molecular formula is C13H13Cl2NO3. The molecule has 1 heterocycles. The number of amides is 1. The first-order valence-electron chi connectivity index (χ1n) is 5.95. The van der Waals surface area contributed by atoms with Crippen LogP contribution in [0.25, 0.3) is 0 Å².